The van der Waals surface area contributed by atoms with Gasteiger partial charge in [0.1, 0.15) is 5.82 Å². The predicted octanol–water partition coefficient (Wildman–Crippen LogP) is 5.08. The number of halogens is 3. The van der Waals surface area contributed by atoms with Crippen LogP contribution >= 0.6 is 34.5 Å². The molecule has 24 heavy (non-hydrogen) atoms. The van der Waals surface area contributed by atoms with Crippen LogP contribution in [0.2, 0.25) is 10.0 Å². The number of thiazole rings is 1. The van der Waals surface area contributed by atoms with Gasteiger partial charge in [-0.2, -0.15) is 5.10 Å². The van der Waals surface area contributed by atoms with Crippen molar-refractivity contribution in [2.24, 2.45) is 10.1 Å². The molecule has 0 aliphatic rings. The monoisotopic (exact) mass is 379 g/mol. The topological polar surface area (TPSA) is 29.6 Å². The quantitative estimate of drug-likeness (QED) is 0.568. The Hall–Kier alpha value is -1.95. The zero-order chi connectivity index (χ0) is 17.1. The summed E-state index contributed by atoms with van der Waals surface area (Å²) in [7, 11) is 1.68. The average Bonchev–Trinajstić information content (AvgIpc) is 2.98. The Kier molecular flexibility index (Phi) is 5.14. The molecule has 0 saturated carbocycles. The average molecular weight is 380 g/mol. The standard InChI is InChI=1S/C17H12Cl2FN3S/c1-21-17-23(22-9-13-14(19)3-2-4-15(13)20)16(10-24-17)11-5-7-12(18)8-6-11/h2-10H,1H3. The summed E-state index contributed by atoms with van der Waals surface area (Å²) in [4.78, 5) is 4.89. The first kappa shape index (κ1) is 16.9. The number of hydrogen-bond donors (Lipinski definition) is 0. The smallest absolute Gasteiger partial charge is 0.205 e. The molecule has 0 atom stereocenters. The fraction of sp³-hybridized carbons (Fsp3) is 0.0588. The van der Waals surface area contributed by atoms with Crippen LogP contribution in [0.1, 0.15) is 5.56 Å². The number of hydrogen-bond acceptors (Lipinski definition) is 3. The minimum atomic E-state index is -0.426. The molecule has 0 N–H and O–H groups in total. The first-order chi connectivity index (χ1) is 11.6. The second kappa shape index (κ2) is 7.30. The summed E-state index contributed by atoms with van der Waals surface area (Å²) in [6.07, 6.45) is 1.40. The van der Waals surface area contributed by atoms with Gasteiger partial charge in [0.25, 0.3) is 0 Å². The van der Waals surface area contributed by atoms with E-state index in [1.165, 1.54) is 23.6 Å². The normalized spacial score (nSPS) is 12.2. The van der Waals surface area contributed by atoms with Crippen LogP contribution in [0.4, 0.5) is 4.39 Å². The minimum absolute atomic E-state index is 0.238. The lowest BCUT2D eigenvalue weighted by atomic mass is 10.2. The molecule has 0 aliphatic heterocycles. The van der Waals surface area contributed by atoms with E-state index < -0.39 is 5.82 Å². The highest BCUT2D eigenvalue weighted by molar-refractivity contribution is 7.07. The maximum absolute atomic E-state index is 13.9. The predicted molar refractivity (Wildman–Crippen MR) is 98.6 cm³/mol. The fourth-order valence-electron chi connectivity index (χ4n) is 2.13. The van der Waals surface area contributed by atoms with Crippen molar-refractivity contribution in [2.45, 2.75) is 0 Å². The van der Waals surface area contributed by atoms with Gasteiger partial charge in [-0.25, -0.2) is 9.07 Å². The molecule has 0 amide bonds. The van der Waals surface area contributed by atoms with Crippen molar-refractivity contribution in [1.82, 2.24) is 4.68 Å². The first-order valence-corrected chi connectivity index (χ1v) is 8.61. The van der Waals surface area contributed by atoms with Gasteiger partial charge in [-0.3, -0.25) is 4.99 Å². The summed E-state index contributed by atoms with van der Waals surface area (Å²) < 4.78 is 15.6. The molecular formula is C17H12Cl2FN3S. The summed E-state index contributed by atoms with van der Waals surface area (Å²) >= 11 is 13.4. The molecule has 0 aliphatic carbocycles. The molecular weight excluding hydrogens is 368 g/mol. The summed E-state index contributed by atoms with van der Waals surface area (Å²) in [5.74, 6) is -0.426. The molecule has 7 heteroatoms. The largest absolute Gasteiger partial charge is 0.261 e. The van der Waals surface area contributed by atoms with Gasteiger partial charge >= 0.3 is 0 Å². The van der Waals surface area contributed by atoms with E-state index in [4.69, 9.17) is 23.2 Å². The van der Waals surface area contributed by atoms with Crippen molar-refractivity contribution in [1.29, 1.82) is 0 Å². The van der Waals surface area contributed by atoms with Crippen LogP contribution in [0.5, 0.6) is 0 Å². The van der Waals surface area contributed by atoms with Gasteiger partial charge in [-0.05, 0) is 24.3 Å². The maximum Gasteiger partial charge on any atom is 0.205 e. The molecule has 122 valence electrons. The Morgan fingerprint density at radius 3 is 2.54 bits per heavy atom. The molecule has 3 rings (SSSR count). The van der Waals surface area contributed by atoms with E-state index in [0.717, 1.165) is 11.3 Å². The van der Waals surface area contributed by atoms with Crippen LogP contribution in [-0.2, 0) is 0 Å². The fourth-order valence-corrected chi connectivity index (χ4v) is 3.27. The SMILES string of the molecule is CN=c1scc(-c2ccc(Cl)cc2)n1N=Cc1c(F)cccc1Cl. The van der Waals surface area contributed by atoms with Crippen molar-refractivity contribution in [3.63, 3.8) is 0 Å². The van der Waals surface area contributed by atoms with E-state index in [9.17, 15) is 4.39 Å². The van der Waals surface area contributed by atoms with Gasteiger partial charge in [0.05, 0.1) is 16.9 Å². The third-order valence-electron chi connectivity index (χ3n) is 3.32. The van der Waals surface area contributed by atoms with Crippen LogP contribution in [0.15, 0.2) is 57.9 Å². The van der Waals surface area contributed by atoms with E-state index in [0.29, 0.717) is 14.8 Å². The van der Waals surface area contributed by atoms with Gasteiger partial charge in [0.15, 0.2) is 0 Å². The van der Waals surface area contributed by atoms with Gasteiger partial charge in [0, 0.05) is 28.6 Å². The van der Waals surface area contributed by atoms with E-state index in [-0.39, 0.29) is 5.56 Å². The van der Waals surface area contributed by atoms with Crippen molar-refractivity contribution in [2.75, 3.05) is 7.05 Å². The van der Waals surface area contributed by atoms with E-state index in [1.807, 2.05) is 17.5 Å². The van der Waals surface area contributed by atoms with Crippen molar-refractivity contribution in [3.8, 4) is 11.3 Å². The van der Waals surface area contributed by atoms with Crippen LogP contribution in [0.25, 0.3) is 11.3 Å². The first-order valence-electron chi connectivity index (χ1n) is 6.98. The molecule has 3 aromatic rings. The Morgan fingerprint density at radius 1 is 1.12 bits per heavy atom. The van der Waals surface area contributed by atoms with Crippen LogP contribution in [0.3, 0.4) is 0 Å². The second-order valence-corrected chi connectivity index (χ2v) is 6.51. The highest BCUT2D eigenvalue weighted by Gasteiger charge is 2.08. The molecule has 2 aromatic carbocycles. The summed E-state index contributed by atoms with van der Waals surface area (Å²) in [5, 5.41) is 7.27. The van der Waals surface area contributed by atoms with Gasteiger partial charge in [-0.1, -0.05) is 41.4 Å². The van der Waals surface area contributed by atoms with Crippen molar-refractivity contribution < 1.29 is 4.39 Å². The lowest BCUT2D eigenvalue weighted by molar-refractivity contribution is 0.625. The van der Waals surface area contributed by atoms with E-state index in [2.05, 4.69) is 10.1 Å². The lowest BCUT2D eigenvalue weighted by Crippen LogP contribution is -2.11. The van der Waals surface area contributed by atoms with Crippen molar-refractivity contribution in [3.05, 3.63) is 74.1 Å². The molecule has 0 radical (unpaired) electrons. The summed E-state index contributed by atoms with van der Waals surface area (Å²) in [6.45, 7) is 0. The zero-order valence-corrected chi connectivity index (χ0v) is 14.9. The molecule has 3 nitrogen and oxygen atoms in total. The Balaban J connectivity index is 2.09. The molecule has 0 spiro atoms. The third kappa shape index (κ3) is 3.43. The number of rotatable bonds is 3. The zero-order valence-electron chi connectivity index (χ0n) is 12.6. The van der Waals surface area contributed by atoms with Gasteiger partial charge < -0.3 is 0 Å². The molecule has 1 aromatic heterocycles. The Labute approximate surface area is 152 Å². The van der Waals surface area contributed by atoms with Crippen LogP contribution in [-0.4, -0.2) is 17.9 Å². The minimum Gasteiger partial charge on any atom is -0.261 e. The van der Waals surface area contributed by atoms with E-state index in [1.54, 1.807) is 36.0 Å². The highest BCUT2D eigenvalue weighted by Crippen LogP contribution is 2.23. The Bertz CT molecular complexity index is 938. The molecule has 0 saturated heterocycles. The van der Waals surface area contributed by atoms with Gasteiger partial charge in [-0.15, -0.1) is 11.3 Å². The molecule has 0 fully saturated rings. The van der Waals surface area contributed by atoms with Crippen LogP contribution in [0, 0.1) is 5.82 Å². The Morgan fingerprint density at radius 2 is 1.88 bits per heavy atom. The summed E-state index contributed by atoms with van der Waals surface area (Å²) in [5.41, 5.74) is 2.00. The third-order valence-corrected chi connectivity index (χ3v) is 4.81. The molecule has 1 heterocycles. The molecule has 0 bridgehead atoms. The van der Waals surface area contributed by atoms with Crippen LogP contribution < -0.4 is 4.80 Å². The maximum atomic E-state index is 13.9. The van der Waals surface area contributed by atoms with Crippen molar-refractivity contribution >= 4 is 40.8 Å². The van der Waals surface area contributed by atoms with E-state index >= 15 is 0 Å². The second-order valence-electron chi connectivity index (χ2n) is 4.83. The lowest BCUT2D eigenvalue weighted by Gasteiger charge is -2.04. The van der Waals surface area contributed by atoms with Gasteiger partial charge in [0.2, 0.25) is 4.80 Å². The number of benzene rings is 2. The number of nitrogens with zero attached hydrogens (tertiary/aromatic N) is 3. The molecule has 0 unspecified atom stereocenters. The summed E-state index contributed by atoms with van der Waals surface area (Å²) in [6, 6.07) is 11.9. The highest BCUT2D eigenvalue weighted by atomic mass is 35.5. The number of aromatic nitrogens is 1.